The molecule has 0 radical (unpaired) electrons. The van der Waals surface area contributed by atoms with Crippen LogP contribution in [0.25, 0.3) is 10.2 Å². The van der Waals surface area contributed by atoms with Gasteiger partial charge >= 0.3 is 5.97 Å². The van der Waals surface area contributed by atoms with Crippen LogP contribution in [0.3, 0.4) is 0 Å². The summed E-state index contributed by atoms with van der Waals surface area (Å²) in [6, 6.07) is 6.24. The van der Waals surface area contributed by atoms with Gasteiger partial charge in [-0.15, -0.1) is 11.3 Å². The Hall–Kier alpha value is -1.66. The van der Waals surface area contributed by atoms with Crippen molar-refractivity contribution in [3.8, 4) is 5.75 Å². The zero-order chi connectivity index (χ0) is 20.6. The minimum atomic E-state index is -0.685. The number of aliphatic carboxylic acids is 1. The molecule has 29 heavy (non-hydrogen) atoms. The number of fused-ring (bicyclic) bond motifs is 1. The van der Waals surface area contributed by atoms with Crippen molar-refractivity contribution in [2.24, 2.45) is 17.3 Å². The number of benzene rings is 1. The molecule has 2 aliphatic rings. The van der Waals surface area contributed by atoms with Gasteiger partial charge in [-0.05, 0) is 62.1 Å². The number of ether oxygens (including phenoxy) is 1. The van der Waals surface area contributed by atoms with Gasteiger partial charge in [0.2, 0.25) is 0 Å². The highest BCUT2D eigenvalue weighted by Crippen LogP contribution is 2.39. The smallest absolute Gasteiger partial charge is 0.307 e. The molecule has 1 saturated carbocycles. The normalized spacial score (nSPS) is 26.1. The van der Waals surface area contributed by atoms with Crippen LogP contribution in [0.1, 0.15) is 57.9 Å². The summed E-state index contributed by atoms with van der Waals surface area (Å²) in [5, 5.41) is 10.2. The number of rotatable bonds is 5. The van der Waals surface area contributed by atoms with Gasteiger partial charge in [0, 0.05) is 12.6 Å². The molecular weight excluding hydrogens is 384 g/mol. The number of hydrogen-bond acceptors (Lipinski definition) is 5. The van der Waals surface area contributed by atoms with Gasteiger partial charge in [0.1, 0.15) is 10.8 Å². The van der Waals surface area contributed by atoms with Crippen LogP contribution in [0, 0.1) is 17.3 Å². The van der Waals surface area contributed by atoms with E-state index >= 15 is 0 Å². The molecule has 1 N–H and O–H groups in total. The van der Waals surface area contributed by atoms with Crippen molar-refractivity contribution in [1.82, 2.24) is 9.88 Å². The molecule has 2 fully saturated rings. The van der Waals surface area contributed by atoms with Crippen molar-refractivity contribution in [2.45, 2.75) is 65.5 Å². The second-order valence-corrected chi connectivity index (χ2v) is 10.9. The summed E-state index contributed by atoms with van der Waals surface area (Å²) in [6.45, 7) is 9.22. The molecule has 0 amide bonds. The van der Waals surface area contributed by atoms with Crippen molar-refractivity contribution in [3.63, 3.8) is 0 Å². The van der Waals surface area contributed by atoms with Crippen molar-refractivity contribution in [2.75, 3.05) is 13.1 Å². The highest BCUT2D eigenvalue weighted by Gasteiger charge is 2.31. The van der Waals surface area contributed by atoms with Crippen molar-refractivity contribution < 1.29 is 14.6 Å². The molecule has 0 bridgehead atoms. The third-order valence-corrected chi connectivity index (χ3v) is 7.61. The number of hydrogen-bond donors (Lipinski definition) is 1. The van der Waals surface area contributed by atoms with Crippen molar-refractivity contribution >= 4 is 27.5 Å². The first-order valence-electron chi connectivity index (χ1n) is 10.8. The minimum Gasteiger partial charge on any atom is -0.490 e. The Balaban J connectivity index is 1.36. The highest BCUT2D eigenvalue weighted by molar-refractivity contribution is 7.18. The predicted octanol–water partition coefficient (Wildman–Crippen LogP) is 5.19. The largest absolute Gasteiger partial charge is 0.490 e. The zero-order valence-electron chi connectivity index (χ0n) is 17.7. The Kier molecular flexibility index (Phi) is 5.85. The lowest BCUT2D eigenvalue weighted by Crippen LogP contribution is -2.30. The molecule has 2 heterocycles. The molecule has 1 aromatic carbocycles. The molecule has 1 atom stereocenters. The maximum absolute atomic E-state index is 11.2. The van der Waals surface area contributed by atoms with Crippen LogP contribution in [-0.2, 0) is 11.3 Å². The van der Waals surface area contributed by atoms with Crippen LogP contribution >= 0.6 is 11.3 Å². The summed E-state index contributed by atoms with van der Waals surface area (Å²) < 4.78 is 7.46. The first-order chi connectivity index (χ1) is 13.8. The maximum Gasteiger partial charge on any atom is 0.307 e. The summed E-state index contributed by atoms with van der Waals surface area (Å²) in [5.41, 5.74) is 1.38. The van der Waals surface area contributed by atoms with Crippen LogP contribution in [-0.4, -0.2) is 40.2 Å². The number of carboxylic acid groups (broad SMARTS) is 1. The fraction of sp³-hybridized carbons (Fsp3) is 0.652. The fourth-order valence-electron chi connectivity index (χ4n) is 4.70. The molecule has 1 aromatic heterocycles. The van der Waals surface area contributed by atoms with Gasteiger partial charge in [-0.25, -0.2) is 4.98 Å². The Morgan fingerprint density at radius 1 is 1.24 bits per heavy atom. The van der Waals surface area contributed by atoms with Crippen LogP contribution in [0.4, 0.5) is 0 Å². The van der Waals surface area contributed by atoms with E-state index in [1.807, 2.05) is 0 Å². The first-order valence-corrected chi connectivity index (χ1v) is 11.6. The molecule has 1 aliphatic heterocycles. The SMILES string of the molecule is CC(C)(C)C1CCC(Oc2ccc3sc(CN4CC[C@@H](C(=O)O)C4)nc3c2)CC1. The molecule has 0 spiro atoms. The van der Waals surface area contributed by atoms with E-state index < -0.39 is 5.97 Å². The van der Waals surface area contributed by atoms with Gasteiger partial charge in [0.25, 0.3) is 0 Å². The number of nitrogens with zero attached hydrogens (tertiary/aromatic N) is 2. The van der Waals surface area contributed by atoms with E-state index in [-0.39, 0.29) is 5.92 Å². The van der Waals surface area contributed by atoms with E-state index in [0.29, 0.717) is 18.1 Å². The van der Waals surface area contributed by atoms with E-state index in [9.17, 15) is 9.90 Å². The first kappa shape index (κ1) is 20.6. The molecule has 2 aromatic rings. The Morgan fingerprint density at radius 3 is 2.66 bits per heavy atom. The Bertz CT molecular complexity index is 865. The number of likely N-dealkylation sites (tertiary alicyclic amines) is 1. The predicted molar refractivity (Wildman–Crippen MR) is 116 cm³/mol. The minimum absolute atomic E-state index is 0.238. The summed E-state index contributed by atoms with van der Waals surface area (Å²) in [7, 11) is 0. The molecular formula is C23H32N2O3S. The van der Waals surface area contributed by atoms with Gasteiger partial charge < -0.3 is 9.84 Å². The molecule has 158 valence electrons. The van der Waals surface area contributed by atoms with E-state index in [2.05, 4.69) is 43.9 Å². The summed E-state index contributed by atoms with van der Waals surface area (Å²) in [6.07, 6.45) is 5.77. The average molecular weight is 417 g/mol. The Morgan fingerprint density at radius 2 is 2.00 bits per heavy atom. The van der Waals surface area contributed by atoms with E-state index in [1.165, 1.54) is 12.8 Å². The van der Waals surface area contributed by atoms with Crippen molar-refractivity contribution in [1.29, 1.82) is 0 Å². The monoisotopic (exact) mass is 416 g/mol. The lowest BCUT2D eigenvalue weighted by Gasteiger charge is -2.36. The zero-order valence-corrected chi connectivity index (χ0v) is 18.5. The summed E-state index contributed by atoms with van der Waals surface area (Å²) in [4.78, 5) is 18.1. The Labute approximate surface area is 177 Å². The summed E-state index contributed by atoms with van der Waals surface area (Å²) >= 11 is 1.70. The number of aromatic nitrogens is 1. The third kappa shape index (κ3) is 4.92. The van der Waals surface area contributed by atoms with Gasteiger partial charge in [0.05, 0.1) is 28.8 Å². The van der Waals surface area contributed by atoms with E-state index in [0.717, 1.165) is 59.2 Å². The second-order valence-electron chi connectivity index (χ2n) is 9.75. The van der Waals surface area contributed by atoms with Crippen LogP contribution < -0.4 is 4.74 Å². The fourth-order valence-corrected chi connectivity index (χ4v) is 5.69. The summed E-state index contributed by atoms with van der Waals surface area (Å²) in [5.74, 6) is 0.783. The number of carboxylic acids is 1. The molecule has 1 aliphatic carbocycles. The van der Waals surface area contributed by atoms with Gasteiger partial charge in [0.15, 0.2) is 0 Å². The second kappa shape index (κ2) is 8.23. The number of carbonyl (C=O) groups is 1. The van der Waals surface area contributed by atoms with Gasteiger partial charge in [-0.3, -0.25) is 9.69 Å². The molecule has 5 nitrogen and oxygen atoms in total. The van der Waals surface area contributed by atoms with Crippen LogP contribution in [0.2, 0.25) is 0 Å². The van der Waals surface area contributed by atoms with E-state index in [4.69, 9.17) is 9.72 Å². The standard InChI is InChI=1S/C23H32N2O3S/c1-23(2,3)16-4-6-17(7-5-16)28-18-8-9-20-19(12-18)24-21(29-20)14-25-11-10-15(13-25)22(26)27/h8-9,12,15-17H,4-7,10-11,13-14H2,1-3H3,(H,26,27)/t15-,16?,17?/m1/s1. The molecule has 4 rings (SSSR count). The topological polar surface area (TPSA) is 62.7 Å². The third-order valence-electron chi connectivity index (χ3n) is 6.59. The average Bonchev–Trinajstić information content (AvgIpc) is 3.28. The molecule has 0 unspecified atom stereocenters. The molecule has 6 heteroatoms. The van der Waals surface area contributed by atoms with Crippen LogP contribution in [0.15, 0.2) is 18.2 Å². The maximum atomic E-state index is 11.2. The van der Waals surface area contributed by atoms with E-state index in [1.54, 1.807) is 11.3 Å². The van der Waals surface area contributed by atoms with Crippen LogP contribution in [0.5, 0.6) is 5.75 Å². The van der Waals surface area contributed by atoms with Crippen molar-refractivity contribution in [3.05, 3.63) is 23.2 Å². The highest BCUT2D eigenvalue weighted by atomic mass is 32.1. The lowest BCUT2D eigenvalue weighted by molar-refractivity contribution is -0.141. The molecule has 1 saturated heterocycles. The lowest BCUT2D eigenvalue weighted by atomic mass is 9.72. The van der Waals surface area contributed by atoms with Gasteiger partial charge in [-0.2, -0.15) is 0 Å². The number of thiazole rings is 1. The quantitative estimate of drug-likeness (QED) is 0.727. The van der Waals surface area contributed by atoms with Gasteiger partial charge in [-0.1, -0.05) is 20.8 Å².